The first-order valence-electron chi connectivity index (χ1n) is 8.56. The van der Waals surface area contributed by atoms with Crippen molar-refractivity contribution in [3.8, 4) is 5.75 Å². The van der Waals surface area contributed by atoms with Crippen LogP contribution in [0.2, 0.25) is 0 Å². The van der Waals surface area contributed by atoms with Crippen molar-refractivity contribution in [3.63, 3.8) is 0 Å². The molecular formula is C20H22N2O3. The predicted octanol–water partition coefficient (Wildman–Crippen LogP) is 3.46. The summed E-state index contributed by atoms with van der Waals surface area (Å²) in [6.45, 7) is 3.97. The molecule has 0 radical (unpaired) electrons. The second-order valence-electron chi connectivity index (χ2n) is 6.03. The first-order chi connectivity index (χ1) is 12.2. The van der Waals surface area contributed by atoms with E-state index < -0.39 is 0 Å². The molecular weight excluding hydrogens is 316 g/mol. The maximum Gasteiger partial charge on any atom is 0.255 e. The number of carbonyl (C=O) groups is 2. The smallest absolute Gasteiger partial charge is 0.255 e. The molecule has 5 heteroatoms. The largest absolute Gasteiger partial charge is 0.494 e. The standard InChI is InChI=1S/C20H22N2O3/c1-2-25-18-11-9-17(10-12-18)21-20(24)16-7-5-15(6-8-16)14-22-13-3-4-19(22)23/h5-12H,2-4,13-14H2,1H3,(H,21,24). The van der Waals surface area contributed by atoms with Crippen LogP contribution < -0.4 is 10.1 Å². The average Bonchev–Trinajstić information content (AvgIpc) is 3.02. The Morgan fingerprint density at radius 2 is 1.84 bits per heavy atom. The third-order valence-corrected chi connectivity index (χ3v) is 4.18. The van der Waals surface area contributed by atoms with E-state index in [1.807, 2.05) is 48.2 Å². The third-order valence-electron chi connectivity index (χ3n) is 4.18. The molecule has 1 saturated heterocycles. The van der Waals surface area contributed by atoms with Gasteiger partial charge < -0.3 is 15.0 Å². The van der Waals surface area contributed by atoms with Crippen LogP contribution in [0.15, 0.2) is 48.5 Å². The summed E-state index contributed by atoms with van der Waals surface area (Å²) in [7, 11) is 0. The molecule has 1 N–H and O–H groups in total. The lowest BCUT2D eigenvalue weighted by atomic mass is 10.1. The lowest BCUT2D eigenvalue weighted by molar-refractivity contribution is -0.128. The summed E-state index contributed by atoms with van der Waals surface area (Å²) in [5, 5.41) is 2.87. The van der Waals surface area contributed by atoms with Gasteiger partial charge in [0.05, 0.1) is 6.61 Å². The zero-order chi connectivity index (χ0) is 17.6. The van der Waals surface area contributed by atoms with E-state index in [4.69, 9.17) is 4.74 Å². The second-order valence-corrected chi connectivity index (χ2v) is 6.03. The normalized spacial score (nSPS) is 13.8. The predicted molar refractivity (Wildman–Crippen MR) is 96.7 cm³/mol. The van der Waals surface area contributed by atoms with Crippen molar-refractivity contribution >= 4 is 17.5 Å². The maximum atomic E-state index is 12.3. The molecule has 2 aromatic rings. The van der Waals surface area contributed by atoms with Gasteiger partial charge in [-0.1, -0.05) is 12.1 Å². The summed E-state index contributed by atoms with van der Waals surface area (Å²) >= 11 is 0. The molecule has 130 valence electrons. The van der Waals surface area contributed by atoms with E-state index in [0.29, 0.717) is 25.1 Å². The van der Waals surface area contributed by atoms with Gasteiger partial charge in [0, 0.05) is 30.8 Å². The molecule has 1 fully saturated rings. The minimum Gasteiger partial charge on any atom is -0.494 e. The summed E-state index contributed by atoms with van der Waals surface area (Å²) < 4.78 is 5.39. The van der Waals surface area contributed by atoms with E-state index in [-0.39, 0.29) is 11.8 Å². The first kappa shape index (κ1) is 17.0. The molecule has 3 rings (SSSR count). The molecule has 2 amide bonds. The zero-order valence-electron chi connectivity index (χ0n) is 14.3. The van der Waals surface area contributed by atoms with Crippen LogP contribution in [0.1, 0.15) is 35.7 Å². The average molecular weight is 338 g/mol. The molecule has 2 aromatic carbocycles. The quantitative estimate of drug-likeness (QED) is 0.877. The van der Waals surface area contributed by atoms with Gasteiger partial charge in [-0.3, -0.25) is 9.59 Å². The number of ether oxygens (including phenoxy) is 1. The highest BCUT2D eigenvalue weighted by Gasteiger charge is 2.19. The Balaban J connectivity index is 1.59. The summed E-state index contributed by atoms with van der Waals surface area (Å²) in [6.07, 6.45) is 1.57. The van der Waals surface area contributed by atoms with Crippen LogP contribution in [-0.2, 0) is 11.3 Å². The van der Waals surface area contributed by atoms with E-state index in [9.17, 15) is 9.59 Å². The fourth-order valence-corrected chi connectivity index (χ4v) is 2.86. The highest BCUT2D eigenvalue weighted by molar-refractivity contribution is 6.04. The molecule has 1 aliphatic rings. The van der Waals surface area contributed by atoms with Crippen LogP contribution in [0.4, 0.5) is 5.69 Å². The van der Waals surface area contributed by atoms with E-state index in [1.54, 1.807) is 12.1 Å². The maximum absolute atomic E-state index is 12.3. The number of hydrogen-bond acceptors (Lipinski definition) is 3. The highest BCUT2D eigenvalue weighted by Crippen LogP contribution is 2.18. The van der Waals surface area contributed by atoms with Crippen LogP contribution >= 0.6 is 0 Å². The van der Waals surface area contributed by atoms with Crippen LogP contribution in [0.3, 0.4) is 0 Å². The van der Waals surface area contributed by atoms with Gasteiger partial charge in [-0.05, 0) is 55.3 Å². The molecule has 0 spiro atoms. The van der Waals surface area contributed by atoms with Crippen molar-refractivity contribution in [1.29, 1.82) is 0 Å². The zero-order valence-corrected chi connectivity index (χ0v) is 14.3. The van der Waals surface area contributed by atoms with Gasteiger partial charge in [0.25, 0.3) is 5.91 Å². The van der Waals surface area contributed by atoms with Crippen molar-refractivity contribution < 1.29 is 14.3 Å². The lowest BCUT2D eigenvalue weighted by Gasteiger charge is -2.15. The summed E-state index contributed by atoms with van der Waals surface area (Å²) in [4.78, 5) is 25.9. The topological polar surface area (TPSA) is 58.6 Å². The molecule has 0 saturated carbocycles. The number of anilines is 1. The van der Waals surface area contributed by atoms with Gasteiger partial charge in [0.1, 0.15) is 5.75 Å². The Bertz CT molecular complexity index is 739. The monoisotopic (exact) mass is 338 g/mol. The van der Waals surface area contributed by atoms with E-state index >= 15 is 0 Å². The van der Waals surface area contributed by atoms with Crippen molar-refractivity contribution in [2.24, 2.45) is 0 Å². The van der Waals surface area contributed by atoms with Gasteiger partial charge in [0.2, 0.25) is 5.91 Å². The Kier molecular flexibility index (Phi) is 5.33. The van der Waals surface area contributed by atoms with Gasteiger partial charge in [-0.15, -0.1) is 0 Å². The van der Waals surface area contributed by atoms with Gasteiger partial charge in [0.15, 0.2) is 0 Å². The SMILES string of the molecule is CCOc1ccc(NC(=O)c2ccc(CN3CCCC3=O)cc2)cc1. The van der Waals surface area contributed by atoms with Gasteiger partial charge in [-0.25, -0.2) is 0 Å². The van der Waals surface area contributed by atoms with E-state index in [1.165, 1.54) is 0 Å². The highest BCUT2D eigenvalue weighted by atomic mass is 16.5. The molecule has 0 aromatic heterocycles. The number of hydrogen-bond donors (Lipinski definition) is 1. The van der Waals surface area contributed by atoms with Crippen molar-refractivity contribution in [1.82, 2.24) is 4.90 Å². The van der Waals surface area contributed by atoms with Crippen LogP contribution in [0.25, 0.3) is 0 Å². The summed E-state index contributed by atoms with van der Waals surface area (Å²) in [5.74, 6) is 0.826. The third kappa shape index (κ3) is 4.38. The Morgan fingerprint density at radius 1 is 1.12 bits per heavy atom. The van der Waals surface area contributed by atoms with Crippen molar-refractivity contribution in [2.75, 3.05) is 18.5 Å². The molecule has 0 bridgehead atoms. The number of rotatable bonds is 6. The number of likely N-dealkylation sites (tertiary alicyclic amines) is 1. The molecule has 1 heterocycles. The summed E-state index contributed by atoms with van der Waals surface area (Å²) in [5.41, 5.74) is 2.35. The summed E-state index contributed by atoms with van der Waals surface area (Å²) in [6, 6.07) is 14.7. The van der Waals surface area contributed by atoms with Crippen molar-refractivity contribution in [2.45, 2.75) is 26.3 Å². The van der Waals surface area contributed by atoms with Crippen LogP contribution in [0, 0.1) is 0 Å². The molecule has 0 unspecified atom stereocenters. The molecule has 25 heavy (non-hydrogen) atoms. The number of carbonyl (C=O) groups excluding carboxylic acids is 2. The second kappa shape index (κ2) is 7.83. The number of nitrogens with zero attached hydrogens (tertiary/aromatic N) is 1. The minimum atomic E-state index is -0.159. The van der Waals surface area contributed by atoms with Crippen molar-refractivity contribution in [3.05, 3.63) is 59.7 Å². The molecule has 5 nitrogen and oxygen atoms in total. The number of nitrogens with one attached hydrogen (secondary N) is 1. The van der Waals surface area contributed by atoms with E-state index in [2.05, 4.69) is 5.32 Å². The molecule has 0 atom stereocenters. The van der Waals surface area contributed by atoms with Gasteiger partial charge >= 0.3 is 0 Å². The van der Waals surface area contributed by atoms with Crippen LogP contribution in [-0.4, -0.2) is 29.9 Å². The van der Waals surface area contributed by atoms with Crippen LogP contribution in [0.5, 0.6) is 5.75 Å². The fourth-order valence-electron chi connectivity index (χ4n) is 2.86. The molecule has 1 aliphatic heterocycles. The minimum absolute atomic E-state index is 0.159. The Hall–Kier alpha value is -2.82. The lowest BCUT2D eigenvalue weighted by Crippen LogP contribution is -2.23. The number of benzene rings is 2. The first-order valence-corrected chi connectivity index (χ1v) is 8.56. The fraction of sp³-hybridized carbons (Fsp3) is 0.300. The Labute approximate surface area is 147 Å². The molecule has 0 aliphatic carbocycles. The number of amides is 2. The Morgan fingerprint density at radius 3 is 2.44 bits per heavy atom. The van der Waals surface area contributed by atoms with E-state index in [0.717, 1.165) is 30.0 Å². The van der Waals surface area contributed by atoms with Gasteiger partial charge in [-0.2, -0.15) is 0 Å².